The molecule has 0 heterocycles. The third-order valence-electron chi connectivity index (χ3n) is 3.05. The summed E-state index contributed by atoms with van der Waals surface area (Å²) in [5.41, 5.74) is -0.356. The van der Waals surface area contributed by atoms with Crippen molar-refractivity contribution in [2.24, 2.45) is 11.8 Å². The maximum atomic E-state index is 9.67. The quantitative estimate of drug-likeness (QED) is 0.618. The molecule has 1 rings (SSSR count). The Hall–Kier alpha value is -0.0400. The average molecular weight is 156 g/mol. The van der Waals surface area contributed by atoms with Crippen molar-refractivity contribution in [3.8, 4) is 0 Å². The van der Waals surface area contributed by atoms with Crippen molar-refractivity contribution in [3.63, 3.8) is 0 Å². The highest BCUT2D eigenvalue weighted by Crippen LogP contribution is 2.35. The molecule has 1 saturated carbocycles. The average Bonchev–Trinajstić information content (AvgIpc) is 1.86. The second-order valence-electron chi connectivity index (χ2n) is 4.58. The predicted molar refractivity (Wildman–Crippen MR) is 47.4 cm³/mol. The Balaban J connectivity index is 2.36. The third kappa shape index (κ3) is 2.48. The lowest BCUT2D eigenvalue weighted by Crippen LogP contribution is -2.31. The van der Waals surface area contributed by atoms with E-state index in [1.165, 1.54) is 12.8 Å². The van der Waals surface area contributed by atoms with Crippen LogP contribution >= 0.6 is 0 Å². The Bertz CT molecular complexity index is 117. The van der Waals surface area contributed by atoms with Crippen molar-refractivity contribution < 1.29 is 5.11 Å². The number of aliphatic hydroxyl groups is 1. The highest BCUT2D eigenvalue weighted by Gasteiger charge is 2.29. The molecule has 0 atom stereocenters. The maximum absolute atomic E-state index is 9.67. The molecule has 1 aliphatic rings. The molecule has 1 fully saturated rings. The van der Waals surface area contributed by atoms with Gasteiger partial charge in [-0.25, -0.2) is 0 Å². The van der Waals surface area contributed by atoms with E-state index in [-0.39, 0.29) is 5.60 Å². The van der Waals surface area contributed by atoms with Crippen molar-refractivity contribution in [1.82, 2.24) is 0 Å². The maximum Gasteiger partial charge on any atom is 0.0620 e. The van der Waals surface area contributed by atoms with Gasteiger partial charge in [-0.3, -0.25) is 0 Å². The first-order valence-electron chi connectivity index (χ1n) is 4.74. The van der Waals surface area contributed by atoms with Crippen LogP contribution in [-0.2, 0) is 0 Å². The van der Waals surface area contributed by atoms with Crippen LogP contribution in [0.4, 0.5) is 0 Å². The van der Waals surface area contributed by atoms with Crippen molar-refractivity contribution in [3.05, 3.63) is 0 Å². The van der Waals surface area contributed by atoms with Gasteiger partial charge in [-0.15, -0.1) is 0 Å². The van der Waals surface area contributed by atoms with Gasteiger partial charge >= 0.3 is 0 Å². The van der Waals surface area contributed by atoms with Gasteiger partial charge in [0.1, 0.15) is 0 Å². The molecule has 0 saturated heterocycles. The predicted octanol–water partition coefficient (Wildman–Crippen LogP) is 2.58. The Labute approximate surface area is 69.8 Å². The van der Waals surface area contributed by atoms with E-state index in [2.05, 4.69) is 13.8 Å². The van der Waals surface area contributed by atoms with Gasteiger partial charge in [0.25, 0.3) is 0 Å². The fourth-order valence-electron chi connectivity index (χ4n) is 1.93. The van der Waals surface area contributed by atoms with Crippen molar-refractivity contribution in [2.45, 2.75) is 52.1 Å². The van der Waals surface area contributed by atoms with Crippen LogP contribution in [-0.4, -0.2) is 10.7 Å². The van der Waals surface area contributed by atoms with E-state index < -0.39 is 0 Å². The summed E-state index contributed by atoms with van der Waals surface area (Å²) in [7, 11) is 0. The molecule has 0 spiro atoms. The van der Waals surface area contributed by atoms with Crippen molar-refractivity contribution >= 4 is 0 Å². The Morgan fingerprint density at radius 1 is 1.27 bits per heavy atom. The molecular weight excluding hydrogens is 136 g/mol. The summed E-state index contributed by atoms with van der Waals surface area (Å²) >= 11 is 0. The zero-order chi connectivity index (χ0) is 8.48. The lowest BCUT2D eigenvalue weighted by atomic mass is 9.75. The van der Waals surface area contributed by atoms with Gasteiger partial charge in [0.05, 0.1) is 5.60 Å². The first kappa shape index (κ1) is 9.05. The fourth-order valence-corrected chi connectivity index (χ4v) is 1.93. The SMILES string of the molecule is CC(C)[C@H]1CC[C@@](C)(O)CC1. The summed E-state index contributed by atoms with van der Waals surface area (Å²) < 4.78 is 0. The van der Waals surface area contributed by atoms with Crippen LogP contribution in [0.2, 0.25) is 0 Å². The highest BCUT2D eigenvalue weighted by molar-refractivity contribution is 4.82. The number of hydrogen-bond acceptors (Lipinski definition) is 1. The number of rotatable bonds is 1. The molecule has 66 valence electrons. The van der Waals surface area contributed by atoms with Crippen LogP contribution in [0, 0.1) is 11.8 Å². The monoisotopic (exact) mass is 156 g/mol. The Morgan fingerprint density at radius 2 is 1.73 bits per heavy atom. The van der Waals surface area contributed by atoms with Gasteiger partial charge in [-0.2, -0.15) is 0 Å². The minimum Gasteiger partial charge on any atom is -0.390 e. The van der Waals surface area contributed by atoms with E-state index in [4.69, 9.17) is 0 Å². The topological polar surface area (TPSA) is 20.2 Å². The van der Waals surface area contributed by atoms with Crippen molar-refractivity contribution in [1.29, 1.82) is 0 Å². The zero-order valence-electron chi connectivity index (χ0n) is 7.93. The molecule has 1 aliphatic carbocycles. The van der Waals surface area contributed by atoms with E-state index in [1.807, 2.05) is 6.92 Å². The second kappa shape index (κ2) is 3.14. The lowest BCUT2D eigenvalue weighted by Gasteiger charge is -2.34. The molecule has 0 amide bonds. The molecular formula is C10H20O. The van der Waals surface area contributed by atoms with Gasteiger partial charge in [0.2, 0.25) is 0 Å². The van der Waals surface area contributed by atoms with E-state index in [1.54, 1.807) is 0 Å². The van der Waals surface area contributed by atoms with Crippen molar-refractivity contribution in [2.75, 3.05) is 0 Å². The zero-order valence-corrected chi connectivity index (χ0v) is 7.93. The second-order valence-corrected chi connectivity index (χ2v) is 4.58. The van der Waals surface area contributed by atoms with E-state index in [9.17, 15) is 5.11 Å². The first-order valence-corrected chi connectivity index (χ1v) is 4.74. The molecule has 0 unspecified atom stereocenters. The van der Waals surface area contributed by atoms with Gasteiger partial charge in [-0.05, 0) is 44.4 Å². The summed E-state index contributed by atoms with van der Waals surface area (Å²) in [5.74, 6) is 1.65. The van der Waals surface area contributed by atoms with Crippen LogP contribution in [0.5, 0.6) is 0 Å². The van der Waals surface area contributed by atoms with Crippen LogP contribution < -0.4 is 0 Å². The Morgan fingerprint density at radius 3 is 2.09 bits per heavy atom. The summed E-state index contributed by atoms with van der Waals surface area (Å²) in [6, 6.07) is 0. The van der Waals surface area contributed by atoms with Gasteiger partial charge in [0, 0.05) is 0 Å². The minimum atomic E-state index is -0.356. The van der Waals surface area contributed by atoms with Gasteiger partial charge in [0.15, 0.2) is 0 Å². The molecule has 1 heteroatoms. The third-order valence-corrected chi connectivity index (χ3v) is 3.05. The molecule has 0 aromatic carbocycles. The molecule has 11 heavy (non-hydrogen) atoms. The normalized spacial score (nSPS) is 39.5. The van der Waals surface area contributed by atoms with E-state index in [0.29, 0.717) is 0 Å². The molecule has 0 aromatic heterocycles. The standard InChI is InChI=1S/C10H20O/c1-8(2)9-4-6-10(3,11)7-5-9/h8-9,11H,4-7H2,1-3H3/t9-,10+. The molecule has 0 bridgehead atoms. The summed E-state index contributed by atoms with van der Waals surface area (Å²) in [6.07, 6.45) is 4.42. The number of hydrogen-bond donors (Lipinski definition) is 1. The molecule has 0 radical (unpaired) electrons. The largest absolute Gasteiger partial charge is 0.390 e. The van der Waals surface area contributed by atoms with Gasteiger partial charge in [-0.1, -0.05) is 13.8 Å². The van der Waals surface area contributed by atoms with Crippen LogP contribution in [0.3, 0.4) is 0 Å². The van der Waals surface area contributed by atoms with E-state index in [0.717, 1.165) is 24.7 Å². The van der Waals surface area contributed by atoms with E-state index >= 15 is 0 Å². The lowest BCUT2D eigenvalue weighted by molar-refractivity contribution is 0.00161. The smallest absolute Gasteiger partial charge is 0.0620 e. The summed E-state index contributed by atoms with van der Waals surface area (Å²) in [5, 5.41) is 9.67. The minimum absolute atomic E-state index is 0.356. The summed E-state index contributed by atoms with van der Waals surface area (Å²) in [6.45, 7) is 6.53. The fraction of sp³-hybridized carbons (Fsp3) is 1.00. The first-order chi connectivity index (χ1) is 5.01. The van der Waals surface area contributed by atoms with Crippen LogP contribution in [0.25, 0.3) is 0 Å². The molecule has 1 N–H and O–H groups in total. The molecule has 1 nitrogen and oxygen atoms in total. The molecule has 0 aromatic rings. The summed E-state index contributed by atoms with van der Waals surface area (Å²) in [4.78, 5) is 0. The Kier molecular flexibility index (Phi) is 2.58. The van der Waals surface area contributed by atoms with Crippen LogP contribution in [0.15, 0.2) is 0 Å². The highest BCUT2D eigenvalue weighted by atomic mass is 16.3. The molecule has 0 aliphatic heterocycles. The van der Waals surface area contributed by atoms with Gasteiger partial charge < -0.3 is 5.11 Å². The van der Waals surface area contributed by atoms with Crippen LogP contribution in [0.1, 0.15) is 46.5 Å².